The predicted molar refractivity (Wildman–Crippen MR) is 223 cm³/mol. The normalized spacial score (nSPS) is 20.5. The fourth-order valence-electron chi connectivity index (χ4n) is 10.7. The second kappa shape index (κ2) is 16.3. The lowest BCUT2D eigenvalue weighted by Gasteiger charge is -2.38. The highest BCUT2D eigenvalue weighted by molar-refractivity contribution is 7.73. The second-order valence-electron chi connectivity index (χ2n) is 16.7. The monoisotopic (exact) mass is 731 g/mol. The summed E-state index contributed by atoms with van der Waals surface area (Å²) in [5, 5.41) is 2.17. The van der Waals surface area contributed by atoms with E-state index in [4.69, 9.17) is 4.98 Å². The minimum atomic E-state index is -2.62. The molecule has 0 unspecified atom stereocenters. The Morgan fingerprint density at radius 2 is 0.712 bits per heavy atom. The van der Waals surface area contributed by atoms with Crippen LogP contribution in [0.1, 0.15) is 128 Å². The number of hydrogen-bond acceptors (Lipinski definition) is 3. The summed E-state index contributed by atoms with van der Waals surface area (Å²) in [5.41, 5.74) is 7.47. The van der Waals surface area contributed by atoms with Crippen molar-refractivity contribution in [2.45, 2.75) is 151 Å². The molecule has 1 heterocycles. The first-order valence-corrected chi connectivity index (χ1v) is 24.7. The summed E-state index contributed by atoms with van der Waals surface area (Å²) in [6.07, 6.45) is 23.6. The molecule has 1 aromatic heterocycles. The minimum Gasteiger partial charge on any atom is -0.318 e. The van der Waals surface area contributed by atoms with E-state index in [2.05, 4.69) is 91.0 Å². The van der Waals surface area contributed by atoms with Crippen molar-refractivity contribution in [3.05, 3.63) is 91.0 Å². The van der Waals surface area contributed by atoms with Crippen molar-refractivity contribution in [1.82, 2.24) is 4.98 Å². The van der Waals surface area contributed by atoms with E-state index in [9.17, 15) is 0 Å². The van der Waals surface area contributed by atoms with E-state index in [0.29, 0.717) is 22.6 Å². The molecule has 3 aromatic carbocycles. The molecule has 4 fully saturated rings. The molecule has 4 aromatic rings. The lowest BCUT2D eigenvalue weighted by molar-refractivity contribution is 0.452. The minimum absolute atomic E-state index is 0.311. The van der Waals surface area contributed by atoms with E-state index in [1.165, 1.54) is 77.0 Å². The average molecular weight is 732 g/mol. The van der Waals surface area contributed by atoms with Crippen LogP contribution < -0.4 is 10.6 Å². The van der Waals surface area contributed by atoms with Crippen molar-refractivity contribution in [2.24, 2.45) is 0 Å². The summed E-state index contributed by atoms with van der Waals surface area (Å²) in [6.45, 7) is 0. The van der Waals surface area contributed by atoms with Gasteiger partial charge in [-0.25, -0.2) is 4.98 Å². The van der Waals surface area contributed by atoms with Gasteiger partial charge in [-0.15, -0.1) is 0 Å². The molecule has 5 heteroatoms. The first-order chi connectivity index (χ1) is 25.5. The molecule has 0 spiro atoms. The van der Waals surface area contributed by atoms with Gasteiger partial charge in [0.05, 0.1) is 11.4 Å². The van der Waals surface area contributed by atoms with Gasteiger partial charge in [0.15, 0.2) is 0 Å². The Hall–Kier alpha value is -2.73. The highest BCUT2D eigenvalue weighted by Gasteiger charge is 2.44. The Balaban J connectivity index is 1.22. The predicted octanol–water partition coefficient (Wildman–Crippen LogP) is 13.4. The standard InChI is InChI=1S/C47H59NO2P2/c49-51(40-22-8-2-9-23-40,41-24-10-3-11-25-41)44-30-16-20-37(32-44)46-34-39(36-18-6-1-7-19-36)35-47(48-46)38-21-17-31-45(33-38)52(50,42-26-12-4-13-27-42)43-28-14-5-15-29-43/h1,6-7,16-21,30-35,40-43H,2-5,8-15,22-29H2. The maximum absolute atomic E-state index is 15.6. The van der Waals surface area contributed by atoms with Crippen LogP contribution in [0.25, 0.3) is 33.6 Å². The summed E-state index contributed by atoms with van der Waals surface area (Å²) >= 11 is 0. The van der Waals surface area contributed by atoms with Gasteiger partial charge in [0.1, 0.15) is 14.3 Å². The summed E-state index contributed by atoms with van der Waals surface area (Å²) in [6, 6.07) is 32.6. The van der Waals surface area contributed by atoms with Crippen molar-refractivity contribution < 1.29 is 9.13 Å². The van der Waals surface area contributed by atoms with Crippen LogP contribution in [0.15, 0.2) is 91.0 Å². The average Bonchev–Trinajstić information content (AvgIpc) is 3.24. The molecule has 0 aliphatic heterocycles. The SMILES string of the molecule is O=P(c1cccc(-c2cc(-c3ccccc3)cc(-c3cccc(P(=O)(C4CCCCC4)C4CCCCC4)c3)n2)c1)(C1CCCCC1)C1CCCCC1. The molecule has 4 saturated carbocycles. The molecule has 0 saturated heterocycles. The zero-order chi connectivity index (χ0) is 35.4. The lowest BCUT2D eigenvalue weighted by Crippen LogP contribution is -2.29. The van der Waals surface area contributed by atoms with Crippen molar-refractivity contribution in [3.8, 4) is 33.6 Å². The fraction of sp³-hybridized carbons (Fsp3) is 0.511. The van der Waals surface area contributed by atoms with E-state index in [-0.39, 0.29) is 0 Å². The molecular weight excluding hydrogens is 672 g/mol. The van der Waals surface area contributed by atoms with E-state index in [1.807, 2.05) is 0 Å². The van der Waals surface area contributed by atoms with E-state index >= 15 is 9.13 Å². The Labute approximate surface area is 313 Å². The number of pyridine rings is 1. The van der Waals surface area contributed by atoms with Crippen molar-refractivity contribution in [1.29, 1.82) is 0 Å². The molecule has 8 rings (SSSR count). The maximum Gasteiger partial charge on any atom is 0.121 e. The van der Waals surface area contributed by atoms with Gasteiger partial charge in [-0.2, -0.15) is 0 Å². The topological polar surface area (TPSA) is 47.0 Å². The smallest absolute Gasteiger partial charge is 0.121 e. The van der Waals surface area contributed by atoms with E-state index < -0.39 is 14.3 Å². The highest BCUT2D eigenvalue weighted by Crippen LogP contribution is 2.63. The van der Waals surface area contributed by atoms with Crippen LogP contribution >= 0.6 is 14.3 Å². The van der Waals surface area contributed by atoms with Gasteiger partial charge in [-0.05, 0) is 86.8 Å². The van der Waals surface area contributed by atoms with Gasteiger partial charge >= 0.3 is 0 Å². The van der Waals surface area contributed by atoms with E-state index in [0.717, 1.165) is 95.6 Å². The highest BCUT2D eigenvalue weighted by atomic mass is 31.2. The van der Waals surface area contributed by atoms with Gasteiger partial charge in [0, 0.05) is 44.4 Å². The van der Waals surface area contributed by atoms with Crippen LogP contribution in [0.3, 0.4) is 0 Å². The summed E-state index contributed by atoms with van der Waals surface area (Å²) in [4.78, 5) is 5.42. The van der Waals surface area contributed by atoms with Gasteiger partial charge in [-0.3, -0.25) is 0 Å². The maximum atomic E-state index is 15.6. The summed E-state index contributed by atoms with van der Waals surface area (Å²) in [7, 11) is -5.24. The van der Waals surface area contributed by atoms with Crippen molar-refractivity contribution in [3.63, 3.8) is 0 Å². The van der Waals surface area contributed by atoms with Crippen LogP contribution in [-0.4, -0.2) is 27.6 Å². The van der Waals surface area contributed by atoms with Gasteiger partial charge in [-0.1, -0.05) is 144 Å². The molecule has 0 amide bonds. The molecule has 274 valence electrons. The Morgan fingerprint density at radius 3 is 1.08 bits per heavy atom. The number of aromatic nitrogens is 1. The van der Waals surface area contributed by atoms with Crippen molar-refractivity contribution in [2.75, 3.05) is 0 Å². The largest absolute Gasteiger partial charge is 0.318 e. The van der Waals surface area contributed by atoms with Crippen LogP contribution in [0.5, 0.6) is 0 Å². The van der Waals surface area contributed by atoms with Gasteiger partial charge in [0.2, 0.25) is 0 Å². The third-order valence-electron chi connectivity index (χ3n) is 13.5. The summed E-state index contributed by atoms with van der Waals surface area (Å²) < 4.78 is 31.3. The first-order valence-electron chi connectivity index (χ1n) is 21.0. The number of hydrogen-bond donors (Lipinski definition) is 0. The zero-order valence-electron chi connectivity index (χ0n) is 31.3. The molecule has 0 radical (unpaired) electrons. The lowest BCUT2D eigenvalue weighted by atomic mass is 9.99. The molecule has 4 aliphatic carbocycles. The van der Waals surface area contributed by atoms with Crippen LogP contribution in [0.4, 0.5) is 0 Å². The quantitative estimate of drug-likeness (QED) is 0.161. The molecule has 52 heavy (non-hydrogen) atoms. The van der Waals surface area contributed by atoms with Gasteiger partial charge in [0.25, 0.3) is 0 Å². The Morgan fingerprint density at radius 1 is 0.365 bits per heavy atom. The second-order valence-corrected chi connectivity index (χ2v) is 23.5. The zero-order valence-corrected chi connectivity index (χ0v) is 33.1. The van der Waals surface area contributed by atoms with E-state index in [1.54, 1.807) is 0 Å². The molecule has 0 atom stereocenters. The first kappa shape index (κ1) is 36.3. The van der Waals surface area contributed by atoms with Crippen molar-refractivity contribution >= 4 is 24.9 Å². The number of rotatable bonds is 9. The van der Waals surface area contributed by atoms with Gasteiger partial charge < -0.3 is 9.13 Å². The molecule has 3 nitrogen and oxygen atoms in total. The Kier molecular flexibility index (Phi) is 11.4. The third-order valence-corrected chi connectivity index (χ3v) is 22.1. The summed E-state index contributed by atoms with van der Waals surface area (Å²) in [5.74, 6) is 0. The fourth-order valence-corrected chi connectivity index (χ4v) is 19.4. The van der Waals surface area contributed by atoms with Crippen LogP contribution in [-0.2, 0) is 9.13 Å². The molecular formula is C47H59NO2P2. The molecule has 0 bridgehead atoms. The number of nitrogens with zero attached hydrogens (tertiary/aromatic N) is 1. The van der Waals surface area contributed by atoms with Crippen LogP contribution in [0.2, 0.25) is 0 Å². The molecule has 4 aliphatic rings. The molecule has 0 N–H and O–H groups in total. The van der Waals surface area contributed by atoms with Crippen LogP contribution in [0, 0.1) is 0 Å². The number of benzene rings is 3. The Bertz CT molecular complexity index is 1740. The third kappa shape index (κ3) is 7.36.